The highest BCUT2D eigenvalue weighted by atomic mass is 35.5. The van der Waals surface area contributed by atoms with E-state index in [4.69, 9.17) is 11.6 Å². The molecule has 0 saturated heterocycles. The lowest BCUT2D eigenvalue weighted by Crippen LogP contribution is -2.03. The summed E-state index contributed by atoms with van der Waals surface area (Å²) in [5, 5.41) is 1.07. The molecule has 1 aromatic carbocycles. The highest BCUT2D eigenvalue weighted by molar-refractivity contribution is 7.86. The molecule has 2 aromatic rings. The van der Waals surface area contributed by atoms with E-state index >= 15 is 0 Å². The van der Waals surface area contributed by atoms with E-state index in [1.54, 1.807) is 12.1 Å². The van der Waals surface area contributed by atoms with Gasteiger partial charge in [-0.1, -0.05) is 29.8 Å². The molecule has 0 saturated carbocycles. The highest BCUT2D eigenvalue weighted by Gasteiger charge is 2.11. The molecule has 0 aliphatic carbocycles. The van der Waals surface area contributed by atoms with Gasteiger partial charge in [0.25, 0.3) is 0 Å². The third-order valence-electron chi connectivity index (χ3n) is 2.37. The summed E-state index contributed by atoms with van der Waals surface area (Å²) in [7, 11) is -4.48. The van der Waals surface area contributed by atoms with Crippen molar-refractivity contribution in [3.8, 4) is 0 Å². The SMILES string of the molecule is O=S(=O)(F)CCc1cc2ccccc2nc1Cl. The molecule has 0 N–H and O–H groups in total. The van der Waals surface area contributed by atoms with Crippen molar-refractivity contribution in [2.45, 2.75) is 6.42 Å². The van der Waals surface area contributed by atoms with E-state index in [0.29, 0.717) is 5.56 Å². The molecule has 2 rings (SSSR count). The minimum absolute atomic E-state index is 0.0233. The molecule has 6 heteroatoms. The summed E-state index contributed by atoms with van der Waals surface area (Å²) < 4.78 is 33.3. The predicted octanol–water partition coefficient (Wildman–Crippen LogP) is 2.73. The standard InChI is InChI=1S/C11H9ClFNO2S/c12-11-9(5-6-17(13,15)16)7-8-3-1-2-4-10(8)14-11/h1-4,7H,5-6H2. The van der Waals surface area contributed by atoms with Crippen LogP contribution in [0.1, 0.15) is 5.56 Å². The van der Waals surface area contributed by atoms with Crippen LogP contribution in [0.4, 0.5) is 3.89 Å². The average Bonchev–Trinajstić information content (AvgIpc) is 2.25. The van der Waals surface area contributed by atoms with Crippen LogP contribution in [0.15, 0.2) is 30.3 Å². The van der Waals surface area contributed by atoms with Gasteiger partial charge in [-0.2, -0.15) is 8.42 Å². The number of hydrogen-bond donors (Lipinski definition) is 0. The molecular weight excluding hydrogens is 265 g/mol. The zero-order valence-corrected chi connectivity index (χ0v) is 10.3. The molecule has 3 nitrogen and oxygen atoms in total. The summed E-state index contributed by atoms with van der Waals surface area (Å²) in [4.78, 5) is 4.12. The molecule has 0 aliphatic heterocycles. The van der Waals surface area contributed by atoms with E-state index in [1.165, 1.54) is 0 Å². The number of aryl methyl sites for hydroxylation is 1. The minimum Gasteiger partial charge on any atom is -0.236 e. The second-order valence-corrected chi connectivity index (χ2v) is 5.47. The average molecular weight is 274 g/mol. The van der Waals surface area contributed by atoms with Crippen LogP contribution in [0.3, 0.4) is 0 Å². The van der Waals surface area contributed by atoms with Crippen molar-refractivity contribution < 1.29 is 12.3 Å². The van der Waals surface area contributed by atoms with Crippen LogP contribution >= 0.6 is 11.6 Å². The zero-order chi connectivity index (χ0) is 12.5. The van der Waals surface area contributed by atoms with Crippen LogP contribution in [0.5, 0.6) is 0 Å². The van der Waals surface area contributed by atoms with Crippen LogP contribution in [0.2, 0.25) is 5.15 Å². The van der Waals surface area contributed by atoms with Gasteiger partial charge >= 0.3 is 10.2 Å². The first-order valence-electron chi connectivity index (χ1n) is 4.92. The summed E-state index contributed by atoms with van der Waals surface area (Å²) >= 11 is 5.90. The summed E-state index contributed by atoms with van der Waals surface area (Å²) in [6, 6.07) is 9.05. The Hall–Kier alpha value is -1.20. The van der Waals surface area contributed by atoms with E-state index in [9.17, 15) is 12.3 Å². The zero-order valence-electron chi connectivity index (χ0n) is 8.73. The first kappa shape index (κ1) is 12.3. The smallest absolute Gasteiger partial charge is 0.236 e. The Bertz CT molecular complexity index is 658. The summed E-state index contributed by atoms with van der Waals surface area (Å²) in [5.74, 6) is -0.577. The monoisotopic (exact) mass is 273 g/mol. The maximum Gasteiger partial charge on any atom is 0.302 e. The highest BCUT2D eigenvalue weighted by Crippen LogP contribution is 2.21. The Morgan fingerprint density at radius 2 is 2.00 bits per heavy atom. The molecule has 0 amide bonds. The lowest BCUT2D eigenvalue weighted by molar-refractivity contribution is 0.551. The maximum atomic E-state index is 12.4. The largest absolute Gasteiger partial charge is 0.302 e. The van der Waals surface area contributed by atoms with Crippen LogP contribution < -0.4 is 0 Å². The first-order chi connectivity index (χ1) is 7.96. The molecule has 0 unspecified atom stereocenters. The normalized spacial score (nSPS) is 11.9. The fourth-order valence-corrected chi connectivity index (χ4v) is 2.25. The number of benzene rings is 1. The lowest BCUT2D eigenvalue weighted by Gasteiger charge is -2.04. The third kappa shape index (κ3) is 3.14. The summed E-state index contributed by atoms with van der Waals surface area (Å²) in [5.41, 5.74) is 1.26. The van der Waals surface area contributed by atoms with Gasteiger partial charge in [0.1, 0.15) is 5.15 Å². The van der Waals surface area contributed by atoms with Crippen molar-refractivity contribution in [2.24, 2.45) is 0 Å². The van der Waals surface area contributed by atoms with Crippen LogP contribution in [-0.2, 0) is 16.6 Å². The number of nitrogens with zero attached hydrogens (tertiary/aromatic N) is 1. The Morgan fingerprint density at radius 1 is 1.29 bits per heavy atom. The van der Waals surface area contributed by atoms with Gasteiger partial charge in [-0.25, -0.2) is 4.98 Å². The number of pyridine rings is 1. The van der Waals surface area contributed by atoms with Crippen molar-refractivity contribution in [2.75, 3.05) is 5.75 Å². The van der Waals surface area contributed by atoms with E-state index < -0.39 is 16.0 Å². The molecule has 0 aliphatic rings. The molecule has 1 aromatic heterocycles. The van der Waals surface area contributed by atoms with Gasteiger partial charge in [-0.15, -0.1) is 3.89 Å². The molecule has 0 radical (unpaired) electrons. The topological polar surface area (TPSA) is 47.0 Å². The third-order valence-corrected chi connectivity index (χ3v) is 3.38. The number of fused-ring (bicyclic) bond motifs is 1. The fraction of sp³-hybridized carbons (Fsp3) is 0.182. The van der Waals surface area contributed by atoms with E-state index in [0.717, 1.165) is 10.9 Å². The van der Waals surface area contributed by atoms with Crippen molar-refractivity contribution in [1.82, 2.24) is 4.98 Å². The number of aromatic nitrogens is 1. The predicted molar refractivity (Wildman–Crippen MR) is 65.4 cm³/mol. The Morgan fingerprint density at radius 3 is 2.71 bits per heavy atom. The summed E-state index contributed by atoms with van der Waals surface area (Å²) in [6.07, 6.45) is 0.0233. The molecule has 90 valence electrons. The van der Waals surface area contributed by atoms with Crippen LogP contribution in [-0.4, -0.2) is 19.2 Å². The number of rotatable bonds is 3. The Balaban J connectivity index is 2.37. The van der Waals surface area contributed by atoms with Gasteiger partial charge < -0.3 is 0 Å². The number of halogens is 2. The fourth-order valence-electron chi connectivity index (χ4n) is 1.54. The minimum atomic E-state index is -4.48. The van der Waals surface area contributed by atoms with E-state index in [2.05, 4.69) is 4.98 Å². The molecule has 0 spiro atoms. The van der Waals surface area contributed by atoms with Gasteiger partial charge in [0.15, 0.2) is 0 Å². The summed E-state index contributed by atoms with van der Waals surface area (Å²) in [6.45, 7) is 0. The Kier molecular flexibility index (Phi) is 3.31. The second kappa shape index (κ2) is 4.58. The van der Waals surface area contributed by atoms with Gasteiger partial charge in [-0.3, -0.25) is 0 Å². The first-order valence-corrected chi connectivity index (χ1v) is 6.85. The van der Waals surface area contributed by atoms with Crippen molar-refractivity contribution >= 4 is 32.7 Å². The quantitative estimate of drug-likeness (QED) is 0.638. The molecule has 1 heterocycles. The van der Waals surface area contributed by atoms with Crippen molar-refractivity contribution in [3.63, 3.8) is 0 Å². The van der Waals surface area contributed by atoms with E-state index in [1.807, 2.05) is 18.2 Å². The molecule has 17 heavy (non-hydrogen) atoms. The van der Waals surface area contributed by atoms with Gasteiger partial charge in [0.05, 0.1) is 11.3 Å². The maximum absolute atomic E-state index is 12.4. The number of hydrogen-bond acceptors (Lipinski definition) is 3. The van der Waals surface area contributed by atoms with Crippen molar-refractivity contribution in [3.05, 3.63) is 41.0 Å². The Labute approximate surface area is 103 Å². The van der Waals surface area contributed by atoms with Crippen molar-refractivity contribution in [1.29, 1.82) is 0 Å². The van der Waals surface area contributed by atoms with Gasteiger partial charge in [0.2, 0.25) is 0 Å². The molecular formula is C11H9ClFNO2S. The van der Waals surface area contributed by atoms with Gasteiger partial charge in [-0.05, 0) is 24.1 Å². The molecule has 0 fully saturated rings. The van der Waals surface area contributed by atoms with E-state index in [-0.39, 0.29) is 11.6 Å². The molecule has 0 bridgehead atoms. The second-order valence-electron chi connectivity index (χ2n) is 3.62. The van der Waals surface area contributed by atoms with Crippen LogP contribution in [0.25, 0.3) is 10.9 Å². The van der Waals surface area contributed by atoms with Crippen LogP contribution in [0, 0.1) is 0 Å². The molecule has 0 atom stereocenters. The number of para-hydroxylation sites is 1. The lowest BCUT2D eigenvalue weighted by atomic mass is 10.1. The van der Waals surface area contributed by atoms with Gasteiger partial charge in [0, 0.05) is 5.39 Å².